The zero-order chi connectivity index (χ0) is 11.3. The Morgan fingerprint density at radius 3 is 2.81 bits per heavy atom. The van der Waals surface area contributed by atoms with Crippen LogP contribution in [0.2, 0.25) is 5.15 Å². The Labute approximate surface area is 124 Å². The van der Waals surface area contributed by atoms with E-state index in [9.17, 15) is 9.59 Å². The molecule has 4 nitrogen and oxygen atoms in total. The number of carbonyl (C=O) groups is 2. The van der Waals surface area contributed by atoms with Crippen molar-refractivity contribution >= 4 is 23.4 Å². The third kappa shape index (κ3) is 4.68. The zero-order valence-electron chi connectivity index (χ0n) is 8.70. The first-order chi connectivity index (χ1) is 7.15. The number of rotatable bonds is 4. The Balaban J connectivity index is 0.00000225. The van der Waals surface area contributed by atoms with Gasteiger partial charge in [0.15, 0.2) is 0 Å². The number of carbonyl (C=O) groups excluding carboxylic acids is 2. The second-order valence-corrected chi connectivity index (χ2v) is 3.04. The van der Waals surface area contributed by atoms with Gasteiger partial charge in [-0.25, -0.2) is 12.1 Å². The summed E-state index contributed by atoms with van der Waals surface area (Å²) in [6, 6.07) is 4.02. The molecule has 0 spiro atoms. The van der Waals surface area contributed by atoms with Crippen LogP contribution in [0.3, 0.4) is 0 Å². The van der Waals surface area contributed by atoms with E-state index in [2.05, 4.69) is 15.8 Å². The molecule has 0 unspecified atom stereocenters. The maximum atomic E-state index is 11.5. The van der Waals surface area contributed by atoms with E-state index in [1.807, 2.05) is 0 Å². The van der Waals surface area contributed by atoms with E-state index in [0.29, 0.717) is 0 Å². The molecule has 1 heterocycles. The van der Waals surface area contributed by atoms with Crippen LogP contribution in [0, 0.1) is 6.07 Å². The average Bonchev–Trinajstić information content (AvgIpc) is 2.18. The first-order valence-corrected chi connectivity index (χ1v) is 4.73. The molecule has 1 rings (SSSR count). The average molecular weight is 316 g/mol. The van der Waals surface area contributed by atoms with Gasteiger partial charge in [0.1, 0.15) is 0 Å². The number of ether oxygens (including phenoxy) is 1. The van der Waals surface area contributed by atoms with Gasteiger partial charge in [0.05, 0.1) is 24.0 Å². The van der Waals surface area contributed by atoms with E-state index in [1.165, 1.54) is 12.3 Å². The van der Waals surface area contributed by atoms with E-state index in [4.69, 9.17) is 11.6 Å². The Bertz CT molecular complexity index is 384. The fraction of sp³-hybridized carbons (Fsp3) is 0.300. The van der Waals surface area contributed by atoms with E-state index < -0.39 is 11.8 Å². The molecule has 1 radical (unpaired) electrons. The van der Waals surface area contributed by atoms with Crippen LogP contribution in [0.5, 0.6) is 0 Å². The fourth-order valence-corrected chi connectivity index (χ4v) is 1.19. The number of nitrogens with zero attached hydrogens (tertiary/aromatic N) is 1. The summed E-state index contributed by atoms with van der Waals surface area (Å²) in [5, 5.41) is 0.0723. The molecule has 0 aliphatic heterocycles. The van der Waals surface area contributed by atoms with Crippen LogP contribution in [-0.2, 0) is 42.2 Å². The standard InChI is InChI=1S/C10H9ClNO3.Y/c1-2-15-9(14)6-8(13)7-4-3-5-12-10(7)11;/h4-5H,2,6H2,1H3;/q-1;. The third-order valence-electron chi connectivity index (χ3n) is 1.61. The zero-order valence-corrected chi connectivity index (χ0v) is 12.3. The molecule has 0 saturated carbocycles. The van der Waals surface area contributed by atoms with Crippen molar-refractivity contribution in [3.05, 3.63) is 29.0 Å². The van der Waals surface area contributed by atoms with Crippen LogP contribution in [0.25, 0.3) is 0 Å². The molecule has 0 atom stereocenters. The molecule has 16 heavy (non-hydrogen) atoms. The molecule has 0 saturated heterocycles. The molecule has 0 amide bonds. The van der Waals surface area contributed by atoms with Gasteiger partial charge in [-0.1, -0.05) is 23.4 Å². The summed E-state index contributed by atoms with van der Waals surface area (Å²) in [5.74, 6) is -0.981. The predicted octanol–water partition coefficient (Wildman–Crippen LogP) is 1.67. The summed E-state index contributed by atoms with van der Waals surface area (Å²) in [5.41, 5.74) is 0.187. The van der Waals surface area contributed by atoms with Gasteiger partial charge in [-0.3, -0.25) is 9.78 Å². The molecule has 0 aliphatic rings. The minimum Gasteiger partial charge on any atom is -0.466 e. The van der Waals surface area contributed by atoms with Crippen molar-refractivity contribution in [1.29, 1.82) is 0 Å². The second-order valence-electron chi connectivity index (χ2n) is 2.68. The fourth-order valence-electron chi connectivity index (χ4n) is 0.978. The molecule has 6 heteroatoms. The smallest absolute Gasteiger partial charge is 0.311 e. The minimum atomic E-state index is -0.567. The first-order valence-electron chi connectivity index (χ1n) is 4.35. The van der Waals surface area contributed by atoms with E-state index >= 15 is 0 Å². The van der Waals surface area contributed by atoms with Crippen molar-refractivity contribution in [3.8, 4) is 0 Å². The Kier molecular flexibility index (Phi) is 7.72. The van der Waals surface area contributed by atoms with Crippen LogP contribution < -0.4 is 0 Å². The van der Waals surface area contributed by atoms with Gasteiger partial charge in [0, 0.05) is 32.7 Å². The molecular formula is C10H9ClNO3Y-. The van der Waals surface area contributed by atoms with Crippen molar-refractivity contribution in [2.24, 2.45) is 0 Å². The molecule has 83 valence electrons. The number of pyridine rings is 1. The summed E-state index contributed by atoms with van der Waals surface area (Å²) in [6.45, 7) is 1.92. The van der Waals surface area contributed by atoms with E-state index in [0.717, 1.165) is 0 Å². The summed E-state index contributed by atoms with van der Waals surface area (Å²) in [7, 11) is 0. The largest absolute Gasteiger partial charge is 0.466 e. The number of aromatic nitrogens is 1. The van der Waals surface area contributed by atoms with Gasteiger partial charge in [0.25, 0.3) is 0 Å². The maximum absolute atomic E-state index is 11.5. The SMILES string of the molecule is CCOC(=O)CC(=O)c1c[c-]cnc1Cl.[Y]. The Morgan fingerprint density at radius 1 is 1.56 bits per heavy atom. The topological polar surface area (TPSA) is 56.3 Å². The van der Waals surface area contributed by atoms with E-state index in [-0.39, 0.29) is 56.5 Å². The number of hydrogen-bond acceptors (Lipinski definition) is 4. The van der Waals surface area contributed by atoms with Gasteiger partial charge in [0.2, 0.25) is 0 Å². The molecule has 0 fully saturated rings. The molecule has 1 aromatic rings. The predicted molar refractivity (Wildman–Crippen MR) is 53.7 cm³/mol. The monoisotopic (exact) mass is 315 g/mol. The maximum Gasteiger partial charge on any atom is 0.311 e. The van der Waals surface area contributed by atoms with Gasteiger partial charge < -0.3 is 9.53 Å². The second kappa shape index (κ2) is 7.88. The van der Waals surface area contributed by atoms with Crippen LogP contribution in [0.4, 0.5) is 0 Å². The van der Waals surface area contributed by atoms with Crippen LogP contribution in [0.15, 0.2) is 12.3 Å². The molecule has 0 aromatic carbocycles. The number of hydrogen-bond donors (Lipinski definition) is 0. The van der Waals surface area contributed by atoms with Gasteiger partial charge in [-0.05, 0) is 6.92 Å². The van der Waals surface area contributed by atoms with Crippen molar-refractivity contribution in [3.63, 3.8) is 0 Å². The Morgan fingerprint density at radius 2 is 2.25 bits per heavy atom. The van der Waals surface area contributed by atoms with Crippen LogP contribution >= 0.6 is 11.6 Å². The van der Waals surface area contributed by atoms with Crippen LogP contribution in [0.1, 0.15) is 23.7 Å². The first kappa shape index (κ1) is 15.7. The number of ketones is 1. The minimum absolute atomic E-state index is 0. The van der Waals surface area contributed by atoms with Gasteiger partial charge >= 0.3 is 5.97 Å². The van der Waals surface area contributed by atoms with Crippen molar-refractivity contribution in [2.75, 3.05) is 6.61 Å². The summed E-state index contributed by atoms with van der Waals surface area (Å²) in [6.07, 6.45) is 1.02. The number of esters is 1. The van der Waals surface area contributed by atoms with Gasteiger partial charge in [-0.15, -0.1) is 0 Å². The quantitative estimate of drug-likeness (QED) is 0.279. The normalized spacial score (nSPS) is 9.12. The molecule has 0 aliphatic carbocycles. The summed E-state index contributed by atoms with van der Waals surface area (Å²) in [4.78, 5) is 26.2. The summed E-state index contributed by atoms with van der Waals surface area (Å²) < 4.78 is 4.64. The molecule has 0 N–H and O–H groups in total. The van der Waals surface area contributed by atoms with Crippen molar-refractivity contribution in [2.45, 2.75) is 13.3 Å². The Hall–Kier alpha value is -0.316. The summed E-state index contributed by atoms with van der Waals surface area (Å²) >= 11 is 5.68. The third-order valence-corrected chi connectivity index (χ3v) is 1.91. The van der Waals surface area contributed by atoms with Crippen molar-refractivity contribution in [1.82, 2.24) is 4.98 Å². The molecule has 0 bridgehead atoms. The van der Waals surface area contributed by atoms with E-state index in [1.54, 1.807) is 6.92 Å². The number of Topliss-reactive ketones (excluding diaryl/α,β-unsaturated/α-hetero) is 1. The molecule has 1 aromatic heterocycles. The van der Waals surface area contributed by atoms with Gasteiger partial charge in [-0.2, -0.15) is 0 Å². The van der Waals surface area contributed by atoms with Crippen molar-refractivity contribution < 1.29 is 47.0 Å². The van der Waals surface area contributed by atoms with Crippen LogP contribution in [-0.4, -0.2) is 23.3 Å². The molecular weight excluding hydrogens is 306 g/mol. The number of halogens is 1.